The molecule has 1 saturated carbocycles. The average molecular weight is 346 g/mol. The molecule has 3 nitrogen and oxygen atoms in total. The molecule has 1 aromatic rings. The maximum absolute atomic E-state index is 12.4. The van der Waals surface area contributed by atoms with E-state index in [9.17, 15) is 4.79 Å². The van der Waals surface area contributed by atoms with Gasteiger partial charge in [0.1, 0.15) is 0 Å². The summed E-state index contributed by atoms with van der Waals surface area (Å²) in [6.45, 7) is 1.91. The molecule has 1 heterocycles. The third-order valence-corrected chi connectivity index (χ3v) is 4.45. The lowest BCUT2D eigenvalue weighted by Crippen LogP contribution is -2.42. The van der Waals surface area contributed by atoms with Crippen molar-refractivity contribution in [1.82, 2.24) is 10.6 Å². The number of benzene rings is 1. The van der Waals surface area contributed by atoms with Crippen LogP contribution in [0.5, 0.6) is 0 Å². The molecular weight excluding hydrogens is 328 g/mol. The van der Waals surface area contributed by atoms with Crippen LogP contribution in [0.25, 0.3) is 0 Å². The van der Waals surface area contributed by atoms with E-state index in [0.717, 1.165) is 42.4 Å². The van der Waals surface area contributed by atoms with Crippen LogP contribution in [-0.2, 0) is 10.2 Å². The van der Waals surface area contributed by atoms with Crippen LogP contribution in [0.2, 0.25) is 0 Å². The summed E-state index contributed by atoms with van der Waals surface area (Å²) in [7, 11) is 0. The van der Waals surface area contributed by atoms with Crippen LogP contribution >= 0.6 is 28.3 Å². The predicted molar refractivity (Wildman–Crippen MR) is 81.7 cm³/mol. The Balaban J connectivity index is 0.00000133. The van der Waals surface area contributed by atoms with Crippen molar-refractivity contribution in [3.63, 3.8) is 0 Å². The highest BCUT2D eigenvalue weighted by molar-refractivity contribution is 9.10. The summed E-state index contributed by atoms with van der Waals surface area (Å²) < 4.78 is 1.04. The average Bonchev–Trinajstić information content (AvgIpc) is 3.03. The Morgan fingerprint density at radius 1 is 1.42 bits per heavy atom. The van der Waals surface area contributed by atoms with Gasteiger partial charge in [-0.05, 0) is 43.5 Å². The molecule has 1 aliphatic heterocycles. The second-order valence-electron chi connectivity index (χ2n) is 5.26. The molecule has 0 spiro atoms. The Labute approximate surface area is 128 Å². The van der Waals surface area contributed by atoms with Gasteiger partial charge < -0.3 is 10.6 Å². The van der Waals surface area contributed by atoms with Crippen LogP contribution in [0.1, 0.15) is 24.8 Å². The minimum absolute atomic E-state index is 0. The van der Waals surface area contributed by atoms with Gasteiger partial charge in [0, 0.05) is 17.1 Å². The number of hydrogen-bond acceptors (Lipinski definition) is 2. The summed E-state index contributed by atoms with van der Waals surface area (Å²) in [6, 6.07) is 8.44. The predicted octanol–water partition coefficient (Wildman–Crippen LogP) is 2.38. The zero-order valence-corrected chi connectivity index (χ0v) is 13.0. The summed E-state index contributed by atoms with van der Waals surface area (Å²) in [5.41, 5.74) is 0.882. The first-order valence-electron chi connectivity index (χ1n) is 6.48. The van der Waals surface area contributed by atoms with Gasteiger partial charge in [-0.25, -0.2) is 0 Å². The summed E-state index contributed by atoms with van der Waals surface area (Å²) in [5.74, 6) is 0.203. The van der Waals surface area contributed by atoms with Gasteiger partial charge in [0.05, 0.1) is 5.41 Å². The molecule has 1 saturated heterocycles. The van der Waals surface area contributed by atoms with Crippen molar-refractivity contribution in [2.24, 2.45) is 0 Å². The molecule has 3 rings (SSSR count). The van der Waals surface area contributed by atoms with Crippen LogP contribution in [0.3, 0.4) is 0 Å². The Bertz CT molecular complexity index is 470. The van der Waals surface area contributed by atoms with Gasteiger partial charge in [-0.1, -0.05) is 28.1 Å². The third kappa shape index (κ3) is 2.96. The molecule has 2 N–H and O–H groups in total. The minimum atomic E-state index is -0.258. The van der Waals surface area contributed by atoms with Crippen molar-refractivity contribution in [2.45, 2.75) is 30.7 Å². The van der Waals surface area contributed by atoms with Crippen LogP contribution in [-0.4, -0.2) is 25.0 Å². The second-order valence-corrected chi connectivity index (χ2v) is 6.17. The molecule has 0 bridgehead atoms. The first-order chi connectivity index (χ1) is 8.71. The van der Waals surface area contributed by atoms with Gasteiger partial charge in [0.15, 0.2) is 0 Å². The van der Waals surface area contributed by atoms with Gasteiger partial charge in [-0.15, -0.1) is 12.4 Å². The number of rotatable bonds is 3. The maximum atomic E-state index is 12.4. The van der Waals surface area contributed by atoms with Crippen LogP contribution in [0.4, 0.5) is 0 Å². The standard InChI is InChI=1S/C14H17BrN2O.ClH/c15-11-3-1-2-10(8-11)14(5-6-14)13(18)17-12-4-7-16-9-12;/h1-3,8,12,16H,4-7,9H2,(H,17,18);1H. The molecule has 5 heteroatoms. The van der Waals surface area contributed by atoms with E-state index in [2.05, 4.69) is 38.7 Å². The fourth-order valence-electron chi connectivity index (χ4n) is 2.66. The lowest BCUT2D eigenvalue weighted by molar-refractivity contribution is -0.124. The summed E-state index contributed by atoms with van der Waals surface area (Å²) in [4.78, 5) is 12.4. The molecular formula is C14H18BrClN2O. The quantitative estimate of drug-likeness (QED) is 0.883. The monoisotopic (exact) mass is 344 g/mol. The van der Waals surface area contributed by atoms with E-state index in [1.54, 1.807) is 0 Å². The lowest BCUT2D eigenvalue weighted by atomic mass is 9.94. The van der Waals surface area contributed by atoms with Crippen LogP contribution < -0.4 is 10.6 Å². The molecule has 1 aromatic carbocycles. The molecule has 0 aromatic heterocycles. The molecule has 1 atom stereocenters. The molecule has 104 valence electrons. The highest BCUT2D eigenvalue weighted by atomic mass is 79.9. The number of hydrogen-bond donors (Lipinski definition) is 2. The SMILES string of the molecule is Cl.O=C(NC1CCNC1)C1(c2cccc(Br)c2)CC1. The molecule has 19 heavy (non-hydrogen) atoms. The first kappa shape index (κ1) is 14.8. The van der Waals surface area contributed by atoms with Gasteiger partial charge in [0.25, 0.3) is 0 Å². The third-order valence-electron chi connectivity index (χ3n) is 3.96. The van der Waals surface area contributed by atoms with Gasteiger partial charge in [-0.2, -0.15) is 0 Å². The number of amides is 1. The summed E-state index contributed by atoms with van der Waals surface area (Å²) >= 11 is 3.48. The van der Waals surface area contributed by atoms with Crippen molar-refractivity contribution in [3.8, 4) is 0 Å². The molecule has 1 amide bonds. The molecule has 1 unspecified atom stereocenters. The number of halogens is 2. The normalized spacial score (nSPS) is 23.5. The Hall–Kier alpha value is -0.580. The Morgan fingerprint density at radius 2 is 2.21 bits per heavy atom. The summed E-state index contributed by atoms with van der Waals surface area (Å²) in [6.07, 6.45) is 2.98. The van der Waals surface area contributed by atoms with Crippen molar-refractivity contribution in [3.05, 3.63) is 34.3 Å². The first-order valence-corrected chi connectivity index (χ1v) is 7.28. The largest absolute Gasteiger partial charge is 0.351 e. The van der Waals surface area contributed by atoms with Gasteiger partial charge in [-0.3, -0.25) is 4.79 Å². The van der Waals surface area contributed by atoms with Gasteiger partial charge in [0.2, 0.25) is 5.91 Å². The fourth-order valence-corrected chi connectivity index (χ4v) is 3.06. The topological polar surface area (TPSA) is 41.1 Å². The van der Waals surface area contributed by atoms with Crippen molar-refractivity contribution < 1.29 is 4.79 Å². The fraction of sp³-hybridized carbons (Fsp3) is 0.500. The van der Waals surface area contributed by atoms with Gasteiger partial charge >= 0.3 is 0 Å². The van der Waals surface area contributed by atoms with E-state index in [0.29, 0.717) is 6.04 Å². The van der Waals surface area contributed by atoms with Crippen molar-refractivity contribution in [2.75, 3.05) is 13.1 Å². The van der Waals surface area contributed by atoms with E-state index in [1.807, 2.05) is 12.1 Å². The Morgan fingerprint density at radius 3 is 2.79 bits per heavy atom. The lowest BCUT2D eigenvalue weighted by Gasteiger charge is -2.19. The number of nitrogens with one attached hydrogen (secondary N) is 2. The van der Waals surface area contributed by atoms with E-state index in [1.165, 1.54) is 0 Å². The molecule has 2 aliphatic rings. The number of carbonyl (C=O) groups is 1. The number of carbonyl (C=O) groups excluding carboxylic acids is 1. The minimum Gasteiger partial charge on any atom is -0.351 e. The Kier molecular flexibility index (Phi) is 4.54. The molecule has 0 radical (unpaired) electrons. The molecule has 2 fully saturated rings. The van der Waals surface area contributed by atoms with Crippen LogP contribution in [0.15, 0.2) is 28.7 Å². The van der Waals surface area contributed by atoms with E-state index < -0.39 is 0 Å². The van der Waals surface area contributed by atoms with Crippen molar-refractivity contribution >= 4 is 34.2 Å². The zero-order valence-electron chi connectivity index (χ0n) is 10.6. The van der Waals surface area contributed by atoms with E-state index in [-0.39, 0.29) is 23.7 Å². The molecule has 1 aliphatic carbocycles. The summed E-state index contributed by atoms with van der Waals surface area (Å²) in [5, 5.41) is 6.46. The maximum Gasteiger partial charge on any atom is 0.230 e. The van der Waals surface area contributed by atoms with Crippen LogP contribution in [0, 0.1) is 0 Å². The second kappa shape index (κ2) is 5.81. The zero-order chi connectivity index (χ0) is 12.6. The van der Waals surface area contributed by atoms with E-state index >= 15 is 0 Å². The highest BCUT2D eigenvalue weighted by Crippen LogP contribution is 2.48. The highest BCUT2D eigenvalue weighted by Gasteiger charge is 2.51. The van der Waals surface area contributed by atoms with Crippen molar-refractivity contribution in [1.29, 1.82) is 0 Å². The van der Waals surface area contributed by atoms with E-state index in [4.69, 9.17) is 0 Å². The smallest absolute Gasteiger partial charge is 0.230 e.